The third-order valence-electron chi connectivity index (χ3n) is 2.72. The number of hydrogen-bond donors (Lipinski definition) is 2. The average molecular weight is 237 g/mol. The van der Waals surface area contributed by atoms with E-state index in [1.54, 1.807) is 11.4 Å². The van der Waals surface area contributed by atoms with Gasteiger partial charge in [0, 0.05) is 0 Å². The van der Waals surface area contributed by atoms with Crippen LogP contribution < -0.4 is 5.32 Å². The minimum absolute atomic E-state index is 0.307. The molecule has 0 atom stereocenters. The molecule has 0 saturated heterocycles. The van der Waals surface area contributed by atoms with E-state index in [0.717, 1.165) is 12.8 Å². The second kappa shape index (κ2) is 5.04. The molecule has 0 aliphatic carbocycles. The molecule has 86 valence electrons. The smallest absolute Gasteiger partial charge is 0.348 e. The van der Waals surface area contributed by atoms with Gasteiger partial charge < -0.3 is 10.4 Å². The van der Waals surface area contributed by atoms with Gasteiger partial charge in [0.05, 0.1) is 11.2 Å². The highest BCUT2D eigenvalue weighted by atomic mass is 32.1. The summed E-state index contributed by atoms with van der Waals surface area (Å²) in [4.78, 5) is 11.3. The van der Waals surface area contributed by atoms with Crippen molar-refractivity contribution in [2.75, 3.05) is 5.32 Å². The van der Waals surface area contributed by atoms with Crippen LogP contribution in [0.4, 0.5) is 5.69 Å². The first kappa shape index (κ1) is 12.6. The Morgan fingerprint density at radius 3 is 2.69 bits per heavy atom. The Labute approximate surface area is 99.5 Å². The minimum Gasteiger partial charge on any atom is -0.477 e. The third-order valence-corrected chi connectivity index (χ3v) is 3.62. The normalized spacial score (nSPS) is 10.8. The molecule has 1 aromatic rings. The second-order valence-electron chi connectivity index (χ2n) is 3.53. The van der Waals surface area contributed by atoms with Gasteiger partial charge in [-0.25, -0.2) is 4.79 Å². The van der Waals surface area contributed by atoms with Crippen molar-refractivity contribution in [3.63, 3.8) is 0 Å². The quantitative estimate of drug-likeness (QED) is 0.774. The van der Waals surface area contributed by atoms with Crippen LogP contribution in [0.1, 0.15) is 36.4 Å². The van der Waals surface area contributed by atoms with Crippen molar-refractivity contribution in [1.29, 1.82) is 0 Å². The van der Waals surface area contributed by atoms with E-state index in [1.807, 2.05) is 13.8 Å². The summed E-state index contributed by atoms with van der Waals surface area (Å²) >= 11 is 1.20. The minimum atomic E-state index is -0.921. The second-order valence-corrected chi connectivity index (χ2v) is 4.44. The number of carboxylic acid groups (broad SMARTS) is 1. The van der Waals surface area contributed by atoms with Crippen molar-refractivity contribution < 1.29 is 9.90 Å². The largest absolute Gasteiger partial charge is 0.477 e. The van der Waals surface area contributed by atoms with Crippen LogP contribution in [0.5, 0.6) is 0 Å². The van der Waals surface area contributed by atoms with E-state index < -0.39 is 11.5 Å². The molecule has 0 spiro atoms. The molecule has 16 heavy (non-hydrogen) atoms. The number of carboxylic acids is 1. The SMILES string of the molecule is C#CC(CC)(CC)Nc1ccsc1C(=O)O. The van der Waals surface area contributed by atoms with Crippen molar-refractivity contribution in [3.8, 4) is 12.3 Å². The van der Waals surface area contributed by atoms with Crippen LogP contribution in [0.3, 0.4) is 0 Å². The number of aromatic carboxylic acids is 1. The first-order valence-electron chi connectivity index (χ1n) is 5.15. The predicted molar refractivity (Wildman–Crippen MR) is 67.0 cm³/mol. The topological polar surface area (TPSA) is 49.3 Å². The summed E-state index contributed by atoms with van der Waals surface area (Å²) in [6, 6.07) is 1.76. The molecule has 1 heterocycles. The van der Waals surface area contributed by atoms with E-state index in [4.69, 9.17) is 11.5 Å². The Hall–Kier alpha value is -1.47. The molecule has 0 unspecified atom stereocenters. The summed E-state index contributed by atoms with van der Waals surface area (Å²) in [6.07, 6.45) is 7.03. The fourth-order valence-corrected chi connectivity index (χ4v) is 2.19. The number of nitrogens with one attached hydrogen (secondary N) is 1. The molecule has 0 fully saturated rings. The van der Waals surface area contributed by atoms with Crippen LogP contribution in [0.15, 0.2) is 11.4 Å². The molecule has 0 radical (unpaired) electrons. The summed E-state index contributed by atoms with van der Waals surface area (Å²) in [5, 5.41) is 13.9. The lowest BCUT2D eigenvalue weighted by molar-refractivity contribution is 0.0703. The first-order chi connectivity index (χ1) is 7.58. The van der Waals surface area contributed by atoms with E-state index in [9.17, 15) is 4.79 Å². The van der Waals surface area contributed by atoms with Crippen LogP contribution in [0.25, 0.3) is 0 Å². The van der Waals surface area contributed by atoms with E-state index in [0.29, 0.717) is 10.6 Å². The highest BCUT2D eigenvalue weighted by molar-refractivity contribution is 7.12. The Morgan fingerprint density at radius 1 is 1.62 bits per heavy atom. The summed E-state index contributed by atoms with van der Waals surface area (Å²) in [6.45, 7) is 3.98. The lowest BCUT2D eigenvalue weighted by Gasteiger charge is -2.28. The summed E-state index contributed by atoms with van der Waals surface area (Å²) in [5.74, 6) is 1.80. The van der Waals surface area contributed by atoms with Gasteiger partial charge in [-0.1, -0.05) is 19.8 Å². The van der Waals surface area contributed by atoms with Gasteiger partial charge in [-0.2, -0.15) is 0 Å². The summed E-state index contributed by atoms with van der Waals surface area (Å²) in [5.41, 5.74) is 0.157. The molecule has 4 heteroatoms. The van der Waals surface area contributed by atoms with Crippen LogP contribution in [0.2, 0.25) is 0 Å². The van der Waals surface area contributed by atoms with E-state index >= 15 is 0 Å². The Kier molecular flexibility index (Phi) is 3.97. The molecule has 2 N–H and O–H groups in total. The molecular formula is C12H15NO2S. The monoisotopic (exact) mass is 237 g/mol. The van der Waals surface area contributed by atoms with Crippen molar-refractivity contribution in [1.82, 2.24) is 0 Å². The fourth-order valence-electron chi connectivity index (χ4n) is 1.50. The fraction of sp³-hybridized carbons (Fsp3) is 0.417. The molecule has 1 rings (SSSR count). The number of rotatable bonds is 5. The highest BCUT2D eigenvalue weighted by Gasteiger charge is 2.25. The number of anilines is 1. The van der Waals surface area contributed by atoms with E-state index in [-0.39, 0.29) is 0 Å². The maximum atomic E-state index is 11.0. The molecule has 0 aliphatic heterocycles. The zero-order valence-electron chi connectivity index (χ0n) is 9.41. The summed E-state index contributed by atoms with van der Waals surface area (Å²) in [7, 11) is 0. The molecule has 0 amide bonds. The Balaban J connectivity index is 2.99. The molecule has 0 aromatic carbocycles. The van der Waals surface area contributed by atoms with Gasteiger partial charge in [0.15, 0.2) is 0 Å². The standard InChI is InChI=1S/C12H15NO2S/c1-4-12(5-2,6-3)13-9-7-8-16-10(9)11(14)15/h1,7-8,13H,5-6H2,2-3H3,(H,14,15). The van der Waals surface area contributed by atoms with Crippen LogP contribution in [0, 0.1) is 12.3 Å². The first-order valence-corrected chi connectivity index (χ1v) is 6.03. The lowest BCUT2D eigenvalue weighted by atomic mass is 9.93. The Morgan fingerprint density at radius 2 is 2.25 bits per heavy atom. The van der Waals surface area contributed by atoms with Crippen molar-refractivity contribution in [3.05, 3.63) is 16.3 Å². The molecule has 0 bridgehead atoms. The zero-order valence-corrected chi connectivity index (χ0v) is 10.2. The molecule has 0 saturated carbocycles. The van der Waals surface area contributed by atoms with E-state index in [2.05, 4.69) is 11.2 Å². The van der Waals surface area contributed by atoms with Gasteiger partial charge in [-0.15, -0.1) is 17.8 Å². The van der Waals surface area contributed by atoms with Gasteiger partial charge in [0.25, 0.3) is 0 Å². The predicted octanol–water partition coefficient (Wildman–Crippen LogP) is 3.05. The highest BCUT2D eigenvalue weighted by Crippen LogP contribution is 2.28. The third kappa shape index (κ3) is 2.37. The van der Waals surface area contributed by atoms with Crippen molar-refractivity contribution >= 4 is 23.0 Å². The van der Waals surface area contributed by atoms with Crippen LogP contribution >= 0.6 is 11.3 Å². The van der Waals surface area contributed by atoms with Crippen molar-refractivity contribution in [2.24, 2.45) is 0 Å². The molecule has 0 aliphatic rings. The maximum absolute atomic E-state index is 11.0. The zero-order chi connectivity index (χ0) is 12.2. The van der Waals surface area contributed by atoms with Crippen molar-refractivity contribution in [2.45, 2.75) is 32.2 Å². The van der Waals surface area contributed by atoms with E-state index in [1.165, 1.54) is 11.3 Å². The lowest BCUT2D eigenvalue weighted by Crippen LogP contribution is -2.35. The number of carbonyl (C=O) groups is 1. The number of terminal acetylenes is 1. The number of thiophene rings is 1. The van der Waals surface area contributed by atoms with Gasteiger partial charge in [-0.3, -0.25) is 0 Å². The summed E-state index contributed by atoms with van der Waals surface area (Å²) < 4.78 is 0. The maximum Gasteiger partial charge on any atom is 0.348 e. The van der Waals surface area contributed by atoms with Gasteiger partial charge in [0.1, 0.15) is 4.88 Å². The van der Waals surface area contributed by atoms with Gasteiger partial charge >= 0.3 is 5.97 Å². The number of hydrogen-bond acceptors (Lipinski definition) is 3. The van der Waals surface area contributed by atoms with Crippen LogP contribution in [-0.2, 0) is 0 Å². The van der Waals surface area contributed by atoms with Gasteiger partial charge in [0.2, 0.25) is 0 Å². The molecule has 3 nitrogen and oxygen atoms in total. The van der Waals surface area contributed by atoms with Crippen LogP contribution in [-0.4, -0.2) is 16.6 Å². The average Bonchev–Trinajstić information content (AvgIpc) is 2.74. The molecule has 1 aromatic heterocycles. The van der Waals surface area contributed by atoms with Gasteiger partial charge in [-0.05, 0) is 24.3 Å². The molecular weight excluding hydrogens is 222 g/mol. The Bertz CT molecular complexity index is 413.